The Hall–Kier alpha value is -4.61. The Balaban J connectivity index is 0.00000326. The summed E-state index contributed by atoms with van der Waals surface area (Å²) < 4.78 is 49.1. The Bertz CT molecular complexity index is 1950. The van der Waals surface area contributed by atoms with E-state index in [1.54, 1.807) is 24.7 Å². The lowest BCUT2D eigenvalue weighted by molar-refractivity contribution is -0.122. The Morgan fingerprint density at radius 1 is 0.881 bits per heavy atom. The van der Waals surface area contributed by atoms with Gasteiger partial charge in [0.1, 0.15) is 17.4 Å². The lowest BCUT2D eigenvalue weighted by Gasteiger charge is -2.30. The van der Waals surface area contributed by atoms with Crippen LogP contribution in [0.4, 0.5) is 16.1 Å². The molecule has 2 N–H and O–H groups in total. The van der Waals surface area contributed by atoms with E-state index in [9.17, 15) is 18.8 Å². The van der Waals surface area contributed by atoms with Gasteiger partial charge in [-0.1, -0.05) is 20.8 Å². The molecule has 0 spiro atoms. The lowest BCUT2D eigenvalue weighted by Crippen LogP contribution is -2.44. The van der Waals surface area contributed by atoms with E-state index in [1.165, 1.54) is 12.1 Å². The van der Waals surface area contributed by atoms with Crippen molar-refractivity contribution in [1.29, 1.82) is 0 Å². The topological polar surface area (TPSA) is 159 Å². The van der Waals surface area contributed by atoms with Crippen molar-refractivity contribution in [3.63, 3.8) is 0 Å². The molecule has 16 heteroatoms. The lowest BCUT2D eigenvalue weighted by atomic mass is 10.0. The first kappa shape index (κ1) is 45.5. The molecular formula is C43H61FN6O9. The fraction of sp³-hybridized carbons (Fsp3) is 0.581. The maximum atomic E-state index is 14.8. The van der Waals surface area contributed by atoms with Gasteiger partial charge in [0.2, 0.25) is 11.8 Å². The monoisotopic (exact) mass is 824 g/mol. The molecule has 324 valence electrons. The number of nitrogens with zero attached hydrogens (tertiary/aromatic N) is 4. The third kappa shape index (κ3) is 12.7. The first-order valence-corrected chi connectivity index (χ1v) is 21.0. The van der Waals surface area contributed by atoms with E-state index in [4.69, 9.17) is 33.1 Å². The number of hydrogen-bond donors (Lipinski definition) is 2. The second-order valence-electron chi connectivity index (χ2n) is 14.1. The van der Waals surface area contributed by atoms with Gasteiger partial charge in [0, 0.05) is 81.4 Å². The molecule has 2 aliphatic rings. The zero-order valence-corrected chi connectivity index (χ0v) is 35.0. The molecule has 0 aliphatic carbocycles. The standard InChI is InChI=1S/C41H55FN6O9.C2H6/c1-3-38(49)44-33(6-4-5-13-43-39(50)12-17-53-22-23-56-25-24-55-21-20-52-2)40(51)48-35-11-14-47(28-32(35)31-9-7-29(42)26-36(31)48)30-8-10-37-34(27-30)45-41(57-37)46-15-18-54-19-16-46;1-2/h7-10,26-27,33H,3-6,11-25,28H2,1-2H3,(H,43,50)(H,44,49);1-2H3. The molecule has 4 aromatic rings. The summed E-state index contributed by atoms with van der Waals surface area (Å²) >= 11 is 0. The highest BCUT2D eigenvalue weighted by Crippen LogP contribution is 2.35. The summed E-state index contributed by atoms with van der Waals surface area (Å²) in [5, 5.41) is 6.61. The Labute approximate surface area is 345 Å². The number of nitrogens with one attached hydrogen (secondary N) is 2. The first-order chi connectivity index (χ1) is 28.9. The molecule has 1 fully saturated rings. The quantitative estimate of drug-likeness (QED) is 0.0994. The molecular weight excluding hydrogens is 764 g/mol. The summed E-state index contributed by atoms with van der Waals surface area (Å²) in [6.07, 6.45) is 2.52. The molecule has 2 amide bonds. The highest BCUT2D eigenvalue weighted by atomic mass is 19.1. The van der Waals surface area contributed by atoms with Gasteiger partial charge in [-0.15, -0.1) is 0 Å². The normalized spacial score (nSPS) is 14.5. The van der Waals surface area contributed by atoms with Crippen LogP contribution in [-0.2, 0) is 46.2 Å². The molecule has 0 radical (unpaired) electrons. The zero-order valence-electron chi connectivity index (χ0n) is 35.0. The summed E-state index contributed by atoms with van der Waals surface area (Å²) in [7, 11) is 1.62. The highest BCUT2D eigenvalue weighted by molar-refractivity contribution is 6.00. The second kappa shape index (κ2) is 23.8. The zero-order chi connectivity index (χ0) is 42.0. The number of oxazole rings is 1. The average Bonchev–Trinajstić information content (AvgIpc) is 3.84. The number of ether oxygens (including phenoxy) is 5. The fourth-order valence-corrected chi connectivity index (χ4v) is 7.14. The number of carbonyl (C=O) groups is 3. The minimum absolute atomic E-state index is 0.130. The minimum atomic E-state index is -0.822. The van der Waals surface area contributed by atoms with Gasteiger partial charge in [-0.2, -0.15) is 4.98 Å². The first-order valence-electron chi connectivity index (χ1n) is 21.0. The molecule has 0 bridgehead atoms. The number of morpholine rings is 1. The largest absolute Gasteiger partial charge is 0.423 e. The molecule has 1 atom stereocenters. The number of aromatic nitrogens is 2. The van der Waals surface area contributed by atoms with Gasteiger partial charge in [-0.3, -0.25) is 19.0 Å². The number of fused-ring (bicyclic) bond motifs is 4. The second-order valence-corrected chi connectivity index (χ2v) is 14.1. The number of rotatable bonds is 22. The van der Waals surface area contributed by atoms with Crippen LogP contribution in [0.2, 0.25) is 0 Å². The van der Waals surface area contributed by atoms with Crippen LogP contribution in [-0.4, -0.2) is 126 Å². The van der Waals surface area contributed by atoms with Gasteiger partial charge in [-0.05, 0) is 55.7 Å². The van der Waals surface area contributed by atoms with Gasteiger partial charge in [-0.25, -0.2) is 4.39 Å². The maximum absolute atomic E-state index is 14.8. The van der Waals surface area contributed by atoms with E-state index in [-0.39, 0.29) is 37.2 Å². The van der Waals surface area contributed by atoms with Crippen molar-refractivity contribution in [2.45, 2.75) is 71.9 Å². The summed E-state index contributed by atoms with van der Waals surface area (Å²) in [6, 6.07) is 10.3. The van der Waals surface area contributed by atoms with Crippen LogP contribution in [0.5, 0.6) is 0 Å². The van der Waals surface area contributed by atoms with Crippen molar-refractivity contribution in [2.24, 2.45) is 0 Å². The van der Waals surface area contributed by atoms with Gasteiger partial charge in [0.15, 0.2) is 5.58 Å². The smallest absolute Gasteiger partial charge is 0.298 e. The number of carbonyl (C=O) groups excluding carboxylic acids is 3. The molecule has 2 aromatic heterocycles. The van der Waals surface area contributed by atoms with Crippen molar-refractivity contribution in [3.8, 4) is 0 Å². The van der Waals surface area contributed by atoms with Gasteiger partial charge < -0.3 is 48.5 Å². The van der Waals surface area contributed by atoms with Crippen LogP contribution in [0.3, 0.4) is 0 Å². The molecule has 4 heterocycles. The van der Waals surface area contributed by atoms with Crippen molar-refractivity contribution in [3.05, 3.63) is 53.5 Å². The van der Waals surface area contributed by atoms with E-state index < -0.39 is 11.9 Å². The summed E-state index contributed by atoms with van der Waals surface area (Å²) in [6.45, 7) is 13.1. The van der Waals surface area contributed by atoms with Crippen molar-refractivity contribution in [1.82, 2.24) is 20.2 Å². The van der Waals surface area contributed by atoms with Gasteiger partial charge >= 0.3 is 0 Å². The molecule has 2 aliphatic heterocycles. The van der Waals surface area contributed by atoms with Gasteiger partial charge in [0.05, 0.1) is 65.0 Å². The van der Waals surface area contributed by atoms with Crippen molar-refractivity contribution in [2.75, 3.05) is 103 Å². The summed E-state index contributed by atoms with van der Waals surface area (Å²) in [5.41, 5.74) is 4.68. The Morgan fingerprint density at radius 3 is 2.34 bits per heavy atom. The molecule has 6 rings (SSSR count). The molecule has 2 aromatic carbocycles. The van der Waals surface area contributed by atoms with Crippen LogP contribution in [0.1, 0.15) is 68.9 Å². The van der Waals surface area contributed by atoms with Crippen molar-refractivity contribution < 1.29 is 46.9 Å². The van der Waals surface area contributed by atoms with Crippen LogP contribution in [0, 0.1) is 5.82 Å². The molecule has 59 heavy (non-hydrogen) atoms. The summed E-state index contributed by atoms with van der Waals surface area (Å²) in [4.78, 5) is 48.5. The number of amides is 2. The predicted molar refractivity (Wildman–Crippen MR) is 224 cm³/mol. The minimum Gasteiger partial charge on any atom is -0.423 e. The maximum Gasteiger partial charge on any atom is 0.298 e. The van der Waals surface area contributed by atoms with E-state index in [0.29, 0.717) is 115 Å². The number of halogens is 1. The van der Waals surface area contributed by atoms with Crippen LogP contribution in [0.25, 0.3) is 22.0 Å². The number of unbranched alkanes of at least 4 members (excludes halogenated alkanes) is 1. The SMILES string of the molecule is CC.CCC(=O)NC(CCCCNC(=O)CCOCCOCCOCCOC)C(=O)n1c2c(c3ccc(F)cc31)CN(c1ccc3oc(N4CCOCC4)nc3c1)CC2. The highest BCUT2D eigenvalue weighted by Gasteiger charge is 2.31. The molecule has 1 saturated heterocycles. The predicted octanol–water partition coefficient (Wildman–Crippen LogP) is 5.25. The van der Waals surface area contributed by atoms with E-state index in [2.05, 4.69) is 20.4 Å². The van der Waals surface area contributed by atoms with E-state index in [0.717, 1.165) is 40.9 Å². The number of methoxy groups -OCH3 is 1. The Kier molecular flexibility index (Phi) is 18.4. The molecule has 1 unspecified atom stereocenters. The van der Waals surface area contributed by atoms with E-state index in [1.807, 2.05) is 32.0 Å². The van der Waals surface area contributed by atoms with Crippen LogP contribution < -0.4 is 20.4 Å². The number of anilines is 2. The fourth-order valence-electron chi connectivity index (χ4n) is 7.14. The summed E-state index contributed by atoms with van der Waals surface area (Å²) in [5.74, 6) is -1.12. The Morgan fingerprint density at radius 2 is 1.61 bits per heavy atom. The van der Waals surface area contributed by atoms with Crippen molar-refractivity contribution >= 4 is 51.4 Å². The number of benzene rings is 2. The van der Waals surface area contributed by atoms with Crippen LogP contribution >= 0.6 is 0 Å². The molecule has 0 saturated carbocycles. The molecule has 15 nitrogen and oxygen atoms in total. The third-order valence-electron chi connectivity index (χ3n) is 10.2. The average molecular weight is 825 g/mol. The van der Waals surface area contributed by atoms with Gasteiger partial charge in [0.25, 0.3) is 11.9 Å². The number of hydrogen-bond acceptors (Lipinski definition) is 12. The van der Waals surface area contributed by atoms with E-state index >= 15 is 0 Å². The third-order valence-corrected chi connectivity index (χ3v) is 10.2. The van der Waals surface area contributed by atoms with Crippen LogP contribution in [0.15, 0.2) is 40.8 Å².